The Morgan fingerprint density at radius 3 is 2.71 bits per heavy atom. The van der Waals surface area contributed by atoms with Gasteiger partial charge in [0.05, 0.1) is 21.2 Å². The monoisotopic (exact) mass is 308 g/mol. The van der Waals surface area contributed by atoms with Gasteiger partial charge in [0.15, 0.2) is 5.78 Å². The molecular formula is C16H24N2O2S. The summed E-state index contributed by atoms with van der Waals surface area (Å²) < 4.78 is 0. The fraction of sp³-hybridized carbons (Fsp3) is 0.688. The highest BCUT2D eigenvalue weighted by Crippen LogP contribution is 2.52. The van der Waals surface area contributed by atoms with Crippen molar-refractivity contribution in [2.75, 3.05) is 23.7 Å². The van der Waals surface area contributed by atoms with Crippen LogP contribution in [0.2, 0.25) is 0 Å². The van der Waals surface area contributed by atoms with Gasteiger partial charge in [-0.1, -0.05) is 0 Å². The summed E-state index contributed by atoms with van der Waals surface area (Å²) in [5.74, 6) is 0.598. The molecule has 2 fully saturated rings. The Morgan fingerprint density at radius 2 is 2.10 bits per heavy atom. The van der Waals surface area contributed by atoms with Crippen LogP contribution in [0.25, 0.3) is 0 Å². The van der Waals surface area contributed by atoms with E-state index in [-0.39, 0.29) is 5.78 Å². The van der Waals surface area contributed by atoms with Crippen LogP contribution >= 0.6 is 11.3 Å². The van der Waals surface area contributed by atoms with Gasteiger partial charge in [-0.3, -0.25) is 4.79 Å². The summed E-state index contributed by atoms with van der Waals surface area (Å²) in [5, 5.41) is 11.4. The molecule has 21 heavy (non-hydrogen) atoms. The maximum Gasteiger partial charge on any atom is 0.171 e. The number of nitrogen functional groups attached to an aromatic ring is 1. The van der Waals surface area contributed by atoms with E-state index in [0.29, 0.717) is 16.5 Å². The second-order valence-corrected chi connectivity index (χ2v) is 7.73. The van der Waals surface area contributed by atoms with Gasteiger partial charge in [-0.25, -0.2) is 0 Å². The molecule has 0 radical (unpaired) electrons. The minimum absolute atomic E-state index is 0.0625. The molecule has 0 spiro atoms. The van der Waals surface area contributed by atoms with Crippen LogP contribution in [0.15, 0.2) is 0 Å². The zero-order valence-corrected chi connectivity index (χ0v) is 13.6. The SMILES string of the molecule is CC(=O)c1sc(N2CCCC(C)(O)CC2)c(C2CC2)c1N. The number of carbonyl (C=O) groups is 1. The van der Waals surface area contributed by atoms with Crippen LogP contribution in [0.5, 0.6) is 0 Å². The molecular weight excluding hydrogens is 284 g/mol. The first-order valence-corrected chi connectivity index (χ1v) is 8.61. The van der Waals surface area contributed by atoms with Crippen LogP contribution in [-0.4, -0.2) is 29.6 Å². The molecule has 2 aliphatic rings. The number of thiophene rings is 1. The third kappa shape index (κ3) is 2.94. The molecule has 1 aliphatic heterocycles. The van der Waals surface area contributed by atoms with Crippen LogP contribution in [0.3, 0.4) is 0 Å². The number of nitrogens with two attached hydrogens (primary N) is 1. The van der Waals surface area contributed by atoms with Crippen molar-refractivity contribution in [1.29, 1.82) is 0 Å². The number of carbonyl (C=O) groups excluding carboxylic acids is 1. The Hall–Kier alpha value is -1.07. The average molecular weight is 308 g/mol. The van der Waals surface area contributed by atoms with Gasteiger partial charge < -0.3 is 15.7 Å². The highest BCUT2D eigenvalue weighted by atomic mass is 32.1. The lowest BCUT2D eigenvalue weighted by molar-refractivity contribution is 0.0481. The van der Waals surface area contributed by atoms with Crippen LogP contribution in [0, 0.1) is 0 Å². The lowest BCUT2D eigenvalue weighted by Gasteiger charge is -2.24. The zero-order valence-electron chi connectivity index (χ0n) is 12.8. The number of Topliss-reactive ketones (excluding diaryl/α,β-unsaturated/α-hetero) is 1. The quantitative estimate of drug-likeness (QED) is 0.842. The van der Waals surface area contributed by atoms with Gasteiger partial charge in [-0.2, -0.15) is 0 Å². The Balaban J connectivity index is 1.94. The molecule has 1 aromatic heterocycles. The number of hydrogen-bond acceptors (Lipinski definition) is 5. The topological polar surface area (TPSA) is 66.6 Å². The Morgan fingerprint density at radius 1 is 1.38 bits per heavy atom. The standard InChI is InChI=1S/C16H24N2O2S/c1-10(19)14-13(17)12(11-4-5-11)15(21-14)18-8-3-6-16(2,20)7-9-18/h11,20H,3-9,17H2,1-2H3. The van der Waals surface area contributed by atoms with E-state index in [9.17, 15) is 9.90 Å². The number of aliphatic hydroxyl groups is 1. The lowest BCUT2D eigenvalue weighted by atomic mass is 9.98. The van der Waals surface area contributed by atoms with Gasteiger partial charge in [0.2, 0.25) is 0 Å². The molecule has 0 aromatic carbocycles. The second-order valence-electron chi connectivity index (χ2n) is 6.73. The summed E-state index contributed by atoms with van der Waals surface area (Å²) in [6, 6.07) is 0. The van der Waals surface area contributed by atoms with Gasteiger partial charge in [-0.15, -0.1) is 11.3 Å². The summed E-state index contributed by atoms with van der Waals surface area (Å²) >= 11 is 1.55. The minimum atomic E-state index is -0.569. The maximum absolute atomic E-state index is 11.8. The Labute approximate surface area is 129 Å². The van der Waals surface area contributed by atoms with Crippen molar-refractivity contribution in [3.63, 3.8) is 0 Å². The molecule has 1 atom stereocenters. The first kappa shape index (κ1) is 14.9. The fourth-order valence-corrected chi connectivity index (χ4v) is 4.43. The first-order valence-electron chi connectivity index (χ1n) is 7.79. The van der Waals surface area contributed by atoms with E-state index in [1.807, 2.05) is 6.92 Å². The molecule has 0 amide bonds. The summed E-state index contributed by atoms with van der Waals surface area (Å²) in [7, 11) is 0. The molecule has 1 aromatic rings. The summed E-state index contributed by atoms with van der Waals surface area (Å²) in [5.41, 5.74) is 7.60. The molecule has 0 bridgehead atoms. The highest BCUT2D eigenvalue weighted by Gasteiger charge is 2.35. The molecule has 1 saturated carbocycles. The van der Waals surface area contributed by atoms with Crippen LogP contribution in [-0.2, 0) is 0 Å². The number of hydrogen-bond donors (Lipinski definition) is 2. The lowest BCUT2D eigenvalue weighted by Crippen LogP contribution is -2.28. The Bertz CT molecular complexity index is 561. The van der Waals surface area contributed by atoms with Gasteiger partial charge >= 0.3 is 0 Å². The van der Waals surface area contributed by atoms with E-state index in [0.717, 1.165) is 32.4 Å². The number of ketones is 1. The summed E-state index contributed by atoms with van der Waals surface area (Å²) in [6.07, 6.45) is 4.94. The van der Waals surface area contributed by atoms with Crippen molar-refractivity contribution in [2.45, 2.75) is 57.5 Å². The van der Waals surface area contributed by atoms with E-state index >= 15 is 0 Å². The van der Waals surface area contributed by atoms with E-state index in [1.54, 1.807) is 18.3 Å². The van der Waals surface area contributed by atoms with Gasteiger partial charge in [0, 0.05) is 25.6 Å². The molecule has 1 aliphatic carbocycles. The molecule has 3 rings (SSSR count). The molecule has 3 N–H and O–H groups in total. The number of anilines is 2. The molecule has 1 saturated heterocycles. The summed E-state index contributed by atoms with van der Waals surface area (Å²) in [4.78, 5) is 14.8. The van der Waals surface area contributed by atoms with Gasteiger partial charge in [0.1, 0.15) is 0 Å². The van der Waals surface area contributed by atoms with Crippen LogP contribution in [0.1, 0.15) is 67.1 Å². The molecule has 4 nitrogen and oxygen atoms in total. The van der Waals surface area contributed by atoms with Crippen LogP contribution < -0.4 is 10.6 Å². The molecule has 2 heterocycles. The van der Waals surface area contributed by atoms with E-state index in [4.69, 9.17) is 5.73 Å². The molecule has 1 unspecified atom stereocenters. The Kier molecular flexibility index (Phi) is 3.74. The third-order valence-electron chi connectivity index (χ3n) is 4.62. The van der Waals surface area contributed by atoms with Crippen LogP contribution in [0.4, 0.5) is 10.7 Å². The van der Waals surface area contributed by atoms with E-state index < -0.39 is 5.60 Å². The summed E-state index contributed by atoms with van der Waals surface area (Å²) in [6.45, 7) is 5.29. The average Bonchev–Trinajstić information content (AvgIpc) is 3.18. The second kappa shape index (κ2) is 5.29. The predicted octanol–water partition coefficient (Wildman–Crippen LogP) is 3.15. The smallest absolute Gasteiger partial charge is 0.171 e. The van der Waals surface area contributed by atoms with Gasteiger partial charge in [0.25, 0.3) is 0 Å². The molecule has 116 valence electrons. The third-order valence-corrected chi connectivity index (χ3v) is 6.00. The predicted molar refractivity (Wildman–Crippen MR) is 87.4 cm³/mol. The largest absolute Gasteiger partial charge is 0.397 e. The molecule has 5 heteroatoms. The number of nitrogens with zero attached hydrogens (tertiary/aromatic N) is 1. The van der Waals surface area contributed by atoms with Gasteiger partial charge in [-0.05, 0) is 44.9 Å². The van der Waals surface area contributed by atoms with Crippen molar-refractivity contribution < 1.29 is 9.90 Å². The fourth-order valence-electron chi connectivity index (χ4n) is 3.17. The van der Waals surface area contributed by atoms with Crippen molar-refractivity contribution in [1.82, 2.24) is 0 Å². The van der Waals surface area contributed by atoms with Crippen molar-refractivity contribution in [3.8, 4) is 0 Å². The number of rotatable bonds is 3. The zero-order chi connectivity index (χ0) is 15.2. The normalized spacial score (nSPS) is 26.7. The van der Waals surface area contributed by atoms with Crippen molar-refractivity contribution >= 4 is 27.8 Å². The van der Waals surface area contributed by atoms with E-state index in [1.165, 1.54) is 23.4 Å². The highest BCUT2D eigenvalue weighted by molar-refractivity contribution is 7.18. The van der Waals surface area contributed by atoms with E-state index in [2.05, 4.69) is 4.90 Å². The minimum Gasteiger partial charge on any atom is -0.397 e. The van der Waals surface area contributed by atoms with Crippen molar-refractivity contribution in [3.05, 3.63) is 10.4 Å². The maximum atomic E-state index is 11.8. The van der Waals surface area contributed by atoms with Crippen molar-refractivity contribution in [2.24, 2.45) is 0 Å². The first-order chi connectivity index (χ1) is 9.89.